The zero-order valence-electron chi connectivity index (χ0n) is 15.1. The third-order valence-electron chi connectivity index (χ3n) is 4.16. The maximum atomic E-state index is 12.8. The summed E-state index contributed by atoms with van der Waals surface area (Å²) in [4.78, 5) is 17.2. The molecule has 1 aromatic heterocycles. The van der Waals surface area contributed by atoms with E-state index in [-0.39, 0.29) is 5.82 Å². The topological polar surface area (TPSA) is 59.8 Å². The summed E-state index contributed by atoms with van der Waals surface area (Å²) in [7, 11) is 0. The molecular weight excluding hydrogens is 511 g/mol. The van der Waals surface area contributed by atoms with Gasteiger partial charge in [-0.2, -0.15) is 0 Å². The minimum atomic E-state index is -0.439. The Bertz CT molecular complexity index is 1220. The molecule has 0 aliphatic carbocycles. The second-order valence-electron chi connectivity index (χ2n) is 6.24. The van der Waals surface area contributed by atoms with Gasteiger partial charge in [0.2, 0.25) is 5.82 Å². The first-order valence-corrected chi connectivity index (χ1v) is 10.6. The van der Waals surface area contributed by atoms with Gasteiger partial charge in [-0.3, -0.25) is 4.79 Å². The molecule has 5 nitrogen and oxygen atoms in total. The number of rotatable bonds is 4. The Morgan fingerprint density at radius 2 is 1.60 bits per heavy atom. The molecule has 0 aliphatic rings. The molecule has 4 aromatic rings. The molecule has 0 spiro atoms. The third-order valence-corrected chi connectivity index (χ3v) is 5.68. The Labute approximate surface area is 195 Å². The Morgan fingerprint density at radius 1 is 0.900 bits per heavy atom. The minimum absolute atomic E-state index is 0.00828. The number of hydrogen-bond donors (Lipinski definition) is 1. The molecule has 150 valence electrons. The van der Waals surface area contributed by atoms with Crippen molar-refractivity contribution in [2.45, 2.75) is 0 Å². The van der Waals surface area contributed by atoms with Crippen LogP contribution in [0.5, 0.6) is 0 Å². The van der Waals surface area contributed by atoms with E-state index in [0.29, 0.717) is 32.3 Å². The van der Waals surface area contributed by atoms with E-state index in [4.69, 9.17) is 34.8 Å². The molecule has 0 radical (unpaired) electrons. The predicted molar refractivity (Wildman–Crippen MR) is 124 cm³/mol. The van der Waals surface area contributed by atoms with Crippen LogP contribution in [-0.2, 0) is 0 Å². The van der Waals surface area contributed by atoms with Crippen molar-refractivity contribution >= 4 is 62.3 Å². The Kier molecular flexibility index (Phi) is 6.11. The van der Waals surface area contributed by atoms with Crippen LogP contribution in [0.2, 0.25) is 15.1 Å². The van der Waals surface area contributed by atoms with Gasteiger partial charge in [0.1, 0.15) is 0 Å². The quantitative estimate of drug-likeness (QED) is 0.317. The van der Waals surface area contributed by atoms with Gasteiger partial charge in [0.05, 0.1) is 15.7 Å². The van der Waals surface area contributed by atoms with E-state index in [9.17, 15) is 4.79 Å². The van der Waals surface area contributed by atoms with E-state index >= 15 is 0 Å². The highest BCUT2D eigenvalue weighted by molar-refractivity contribution is 9.10. The van der Waals surface area contributed by atoms with E-state index in [1.807, 2.05) is 12.1 Å². The van der Waals surface area contributed by atoms with E-state index < -0.39 is 5.91 Å². The smallest absolute Gasteiger partial charge is 0.295 e. The normalized spacial score (nSPS) is 10.8. The second-order valence-corrected chi connectivity index (χ2v) is 8.40. The van der Waals surface area contributed by atoms with Crippen LogP contribution in [0.25, 0.3) is 17.1 Å². The van der Waals surface area contributed by atoms with Crippen molar-refractivity contribution in [3.8, 4) is 17.1 Å². The summed E-state index contributed by atoms with van der Waals surface area (Å²) in [5.74, 6) is 0.0336. The van der Waals surface area contributed by atoms with Gasteiger partial charge in [0.25, 0.3) is 5.91 Å². The number of halogens is 4. The van der Waals surface area contributed by atoms with E-state index in [1.165, 1.54) is 0 Å². The summed E-state index contributed by atoms with van der Waals surface area (Å²) >= 11 is 21.6. The molecule has 3 aromatic carbocycles. The van der Waals surface area contributed by atoms with Gasteiger partial charge >= 0.3 is 0 Å². The highest BCUT2D eigenvalue weighted by Crippen LogP contribution is 2.28. The van der Waals surface area contributed by atoms with Gasteiger partial charge in [-0.1, -0.05) is 50.7 Å². The van der Waals surface area contributed by atoms with Gasteiger partial charge in [0.15, 0.2) is 5.82 Å². The number of nitrogens with zero attached hydrogens (tertiary/aromatic N) is 3. The van der Waals surface area contributed by atoms with Crippen molar-refractivity contribution < 1.29 is 4.79 Å². The Balaban J connectivity index is 1.76. The molecule has 4 rings (SSSR count). The SMILES string of the molecule is O=C(Nc1ccc(Br)cc1)c1nc(-c2ccc(Cl)cc2)n(-c2ccc(Cl)c(Cl)c2)n1. The Morgan fingerprint density at radius 3 is 2.27 bits per heavy atom. The molecule has 0 aliphatic heterocycles. The van der Waals surface area contributed by atoms with Crippen LogP contribution < -0.4 is 5.32 Å². The van der Waals surface area contributed by atoms with Gasteiger partial charge in [-0.25, -0.2) is 9.67 Å². The number of aromatic nitrogens is 3. The average Bonchev–Trinajstić information content (AvgIpc) is 3.18. The summed E-state index contributed by atoms with van der Waals surface area (Å²) in [6.07, 6.45) is 0. The van der Waals surface area contributed by atoms with Crippen LogP contribution in [0.15, 0.2) is 71.2 Å². The molecule has 0 atom stereocenters. The van der Waals surface area contributed by atoms with Crippen LogP contribution >= 0.6 is 50.7 Å². The molecule has 0 unspecified atom stereocenters. The van der Waals surface area contributed by atoms with Crippen LogP contribution in [0.4, 0.5) is 5.69 Å². The number of amides is 1. The molecule has 1 heterocycles. The standard InChI is InChI=1S/C21H12BrCl3N4O/c22-13-3-7-15(8-4-13)26-21(30)19-27-20(12-1-5-14(23)6-2-12)29(28-19)16-9-10-17(24)18(25)11-16/h1-11H,(H,26,30). The number of carbonyl (C=O) groups is 1. The number of anilines is 1. The summed E-state index contributed by atoms with van der Waals surface area (Å²) in [6, 6.07) is 19.4. The number of hydrogen-bond acceptors (Lipinski definition) is 3. The summed E-state index contributed by atoms with van der Waals surface area (Å²) in [6.45, 7) is 0. The van der Waals surface area contributed by atoms with Crippen molar-refractivity contribution in [1.29, 1.82) is 0 Å². The summed E-state index contributed by atoms with van der Waals surface area (Å²) in [5.41, 5.74) is 1.98. The lowest BCUT2D eigenvalue weighted by Gasteiger charge is -2.07. The molecule has 9 heteroatoms. The first kappa shape index (κ1) is 20.9. The van der Waals surface area contributed by atoms with Gasteiger partial charge in [-0.05, 0) is 66.7 Å². The molecular formula is C21H12BrCl3N4O. The molecule has 1 N–H and O–H groups in total. The maximum absolute atomic E-state index is 12.8. The highest BCUT2D eigenvalue weighted by atomic mass is 79.9. The van der Waals surface area contributed by atoms with Gasteiger partial charge in [-0.15, -0.1) is 5.10 Å². The second kappa shape index (κ2) is 8.78. The molecule has 0 fully saturated rings. The fourth-order valence-electron chi connectivity index (χ4n) is 2.71. The molecule has 30 heavy (non-hydrogen) atoms. The molecule has 0 bridgehead atoms. The predicted octanol–water partition coefficient (Wildman–Crippen LogP) is 6.91. The number of nitrogens with one attached hydrogen (secondary N) is 1. The zero-order valence-corrected chi connectivity index (χ0v) is 19.0. The number of carbonyl (C=O) groups excluding carboxylic acids is 1. The Hall–Kier alpha value is -2.38. The van der Waals surface area contributed by atoms with Gasteiger partial charge in [0, 0.05) is 20.7 Å². The molecule has 1 amide bonds. The first-order valence-electron chi connectivity index (χ1n) is 8.66. The fraction of sp³-hybridized carbons (Fsp3) is 0. The third kappa shape index (κ3) is 4.52. The number of benzene rings is 3. The van der Waals surface area contributed by atoms with E-state index in [0.717, 1.165) is 10.0 Å². The average molecular weight is 523 g/mol. The monoisotopic (exact) mass is 520 g/mol. The molecule has 0 saturated carbocycles. The van der Waals surface area contributed by atoms with Crippen LogP contribution in [-0.4, -0.2) is 20.7 Å². The van der Waals surface area contributed by atoms with Crippen LogP contribution in [0, 0.1) is 0 Å². The van der Waals surface area contributed by atoms with E-state index in [2.05, 4.69) is 31.3 Å². The zero-order chi connectivity index (χ0) is 21.3. The van der Waals surface area contributed by atoms with Crippen molar-refractivity contribution in [2.24, 2.45) is 0 Å². The minimum Gasteiger partial charge on any atom is -0.319 e. The van der Waals surface area contributed by atoms with Crippen molar-refractivity contribution in [3.63, 3.8) is 0 Å². The van der Waals surface area contributed by atoms with Crippen molar-refractivity contribution in [3.05, 3.63) is 92.1 Å². The van der Waals surface area contributed by atoms with Crippen LogP contribution in [0.3, 0.4) is 0 Å². The van der Waals surface area contributed by atoms with Crippen molar-refractivity contribution in [1.82, 2.24) is 14.8 Å². The lowest BCUT2D eigenvalue weighted by atomic mass is 10.2. The summed E-state index contributed by atoms with van der Waals surface area (Å²) < 4.78 is 2.45. The lowest BCUT2D eigenvalue weighted by molar-refractivity contribution is 0.101. The van der Waals surface area contributed by atoms with E-state index in [1.54, 1.807) is 59.3 Å². The summed E-state index contributed by atoms with van der Waals surface area (Å²) in [5, 5.41) is 8.58. The fourth-order valence-corrected chi connectivity index (χ4v) is 3.39. The largest absolute Gasteiger partial charge is 0.319 e. The van der Waals surface area contributed by atoms with Gasteiger partial charge < -0.3 is 5.32 Å². The maximum Gasteiger partial charge on any atom is 0.295 e. The van der Waals surface area contributed by atoms with Crippen LogP contribution in [0.1, 0.15) is 10.6 Å². The lowest BCUT2D eigenvalue weighted by Crippen LogP contribution is -2.14. The highest BCUT2D eigenvalue weighted by Gasteiger charge is 2.19. The van der Waals surface area contributed by atoms with Crippen molar-refractivity contribution in [2.75, 3.05) is 5.32 Å². The molecule has 0 saturated heterocycles. The first-order chi connectivity index (χ1) is 14.4.